The van der Waals surface area contributed by atoms with E-state index in [0.29, 0.717) is 13.1 Å². The Labute approximate surface area is 122 Å². The molecule has 0 aliphatic carbocycles. The van der Waals surface area contributed by atoms with E-state index in [1.165, 1.54) is 0 Å². The zero-order valence-electron chi connectivity index (χ0n) is 12.0. The van der Waals surface area contributed by atoms with E-state index >= 15 is 0 Å². The molecule has 0 atom stereocenters. The van der Waals surface area contributed by atoms with Gasteiger partial charge in [0, 0.05) is 6.54 Å². The van der Waals surface area contributed by atoms with E-state index in [-0.39, 0.29) is 11.6 Å². The van der Waals surface area contributed by atoms with Crippen molar-refractivity contribution >= 4 is 22.0 Å². The van der Waals surface area contributed by atoms with Crippen molar-refractivity contribution in [2.24, 2.45) is 0 Å². The van der Waals surface area contributed by atoms with E-state index in [1.807, 2.05) is 20.8 Å². The third-order valence-electron chi connectivity index (χ3n) is 2.98. The predicted octanol–water partition coefficient (Wildman–Crippen LogP) is 3.13. The van der Waals surface area contributed by atoms with Crippen molar-refractivity contribution in [1.82, 2.24) is 14.5 Å². The summed E-state index contributed by atoms with van der Waals surface area (Å²) in [5, 5.41) is 0. The van der Waals surface area contributed by atoms with E-state index < -0.39 is 5.60 Å². The first-order valence-electron chi connectivity index (χ1n) is 6.31. The summed E-state index contributed by atoms with van der Waals surface area (Å²) in [6.07, 6.45) is 1.52. The Kier molecular flexibility index (Phi) is 3.41. The third-order valence-corrected chi connectivity index (χ3v) is 3.54. The van der Waals surface area contributed by atoms with Crippen LogP contribution in [-0.4, -0.2) is 32.7 Å². The first-order chi connectivity index (χ1) is 8.60. The average Bonchev–Trinajstić information content (AvgIpc) is 2.57. The van der Waals surface area contributed by atoms with Crippen LogP contribution in [0.1, 0.15) is 40.3 Å². The Bertz CT molecular complexity index is 502. The summed E-state index contributed by atoms with van der Waals surface area (Å²) in [4.78, 5) is 18.2. The van der Waals surface area contributed by atoms with Crippen LogP contribution in [-0.2, 0) is 16.8 Å². The average molecular weight is 330 g/mol. The molecule has 1 aliphatic rings. The smallest absolute Gasteiger partial charge is 0.410 e. The molecule has 0 aromatic carbocycles. The second-order valence-electron chi connectivity index (χ2n) is 6.50. The van der Waals surface area contributed by atoms with Gasteiger partial charge in [-0.05, 0) is 50.5 Å². The number of ether oxygens (including phenoxy) is 1. The second kappa shape index (κ2) is 4.51. The molecular weight excluding hydrogens is 310 g/mol. The van der Waals surface area contributed by atoms with Gasteiger partial charge in [0.05, 0.1) is 24.0 Å². The van der Waals surface area contributed by atoms with Gasteiger partial charge in [0.1, 0.15) is 5.60 Å². The molecule has 0 saturated heterocycles. The summed E-state index contributed by atoms with van der Waals surface area (Å²) in [5.41, 5.74) is 0.327. The van der Waals surface area contributed by atoms with Gasteiger partial charge in [-0.2, -0.15) is 0 Å². The van der Waals surface area contributed by atoms with E-state index in [9.17, 15) is 4.79 Å². The number of aromatic nitrogens is 2. The number of fused-ring (bicyclic) bond motifs is 1. The standard InChI is InChI=1S/C13H20BrN3O2/c1-12(2,3)19-11(18)16-7-9-6-15-10(14)17(9)13(4,5)8-16/h6H,7-8H2,1-5H3. The number of nitrogens with zero attached hydrogens (tertiary/aromatic N) is 3. The molecule has 1 amide bonds. The molecule has 0 spiro atoms. The van der Waals surface area contributed by atoms with Crippen LogP contribution in [0, 0.1) is 0 Å². The number of hydrogen-bond acceptors (Lipinski definition) is 3. The fraction of sp³-hybridized carbons (Fsp3) is 0.692. The van der Waals surface area contributed by atoms with Crippen molar-refractivity contribution in [3.05, 3.63) is 16.6 Å². The molecule has 0 N–H and O–H groups in total. The molecule has 1 aromatic rings. The maximum Gasteiger partial charge on any atom is 0.410 e. The lowest BCUT2D eigenvalue weighted by molar-refractivity contribution is 0.0104. The molecule has 5 nitrogen and oxygen atoms in total. The zero-order valence-corrected chi connectivity index (χ0v) is 13.6. The Balaban J connectivity index is 2.23. The van der Waals surface area contributed by atoms with Gasteiger partial charge in [-0.3, -0.25) is 4.90 Å². The molecule has 0 bridgehead atoms. The number of rotatable bonds is 0. The molecule has 19 heavy (non-hydrogen) atoms. The largest absolute Gasteiger partial charge is 0.444 e. The van der Waals surface area contributed by atoms with Crippen molar-refractivity contribution in [3.63, 3.8) is 0 Å². The number of halogens is 1. The van der Waals surface area contributed by atoms with Gasteiger partial charge in [0.2, 0.25) is 0 Å². The van der Waals surface area contributed by atoms with Gasteiger partial charge in [-0.25, -0.2) is 9.78 Å². The van der Waals surface area contributed by atoms with Gasteiger partial charge in [0.15, 0.2) is 4.73 Å². The molecular formula is C13H20BrN3O2. The zero-order chi connectivity index (χ0) is 14.4. The Morgan fingerprint density at radius 3 is 2.68 bits per heavy atom. The van der Waals surface area contributed by atoms with Crippen molar-refractivity contribution < 1.29 is 9.53 Å². The van der Waals surface area contributed by atoms with Crippen LogP contribution >= 0.6 is 15.9 Å². The molecule has 106 valence electrons. The maximum absolute atomic E-state index is 12.2. The summed E-state index contributed by atoms with van der Waals surface area (Å²) < 4.78 is 8.36. The lowest BCUT2D eigenvalue weighted by Crippen LogP contribution is -2.50. The Morgan fingerprint density at radius 1 is 1.47 bits per heavy atom. The van der Waals surface area contributed by atoms with Gasteiger partial charge in [-0.1, -0.05) is 0 Å². The van der Waals surface area contributed by atoms with Crippen LogP contribution in [0.5, 0.6) is 0 Å². The van der Waals surface area contributed by atoms with E-state index in [0.717, 1.165) is 10.4 Å². The van der Waals surface area contributed by atoms with E-state index in [4.69, 9.17) is 4.74 Å². The lowest BCUT2D eigenvalue weighted by Gasteiger charge is -2.40. The molecule has 0 fully saturated rings. The van der Waals surface area contributed by atoms with Crippen molar-refractivity contribution in [2.75, 3.05) is 6.54 Å². The summed E-state index contributed by atoms with van der Waals surface area (Å²) in [6, 6.07) is 0. The molecule has 1 aliphatic heterocycles. The van der Waals surface area contributed by atoms with Crippen LogP contribution in [0.4, 0.5) is 4.79 Å². The van der Waals surface area contributed by atoms with Gasteiger partial charge < -0.3 is 9.30 Å². The van der Waals surface area contributed by atoms with Crippen molar-refractivity contribution in [3.8, 4) is 0 Å². The highest BCUT2D eigenvalue weighted by atomic mass is 79.9. The monoisotopic (exact) mass is 329 g/mol. The molecule has 0 saturated carbocycles. The quantitative estimate of drug-likeness (QED) is 0.734. The van der Waals surface area contributed by atoms with Crippen LogP contribution in [0.3, 0.4) is 0 Å². The first kappa shape index (κ1) is 14.4. The summed E-state index contributed by atoms with van der Waals surface area (Å²) >= 11 is 3.45. The summed E-state index contributed by atoms with van der Waals surface area (Å²) in [5.74, 6) is 0. The number of carbonyl (C=O) groups excluding carboxylic acids is 1. The highest BCUT2D eigenvalue weighted by Gasteiger charge is 2.36. The lowest BCUT2D eigenvalue weighted by atomic mass is 10.0. The normalized spacial score (nSPS) is 18.1. The van der Waals surface area contributed by atoms with Crippen molar-refractivity contribution in [2.45, 2.75) is 52.3 Å². The Hall–Kier alpha value is -1.04. The molecule has 2 heterocycles. The SMILES string of the molecule is CC(C)(C)OC(=O)N1Cc2cnc(Br)n2C(C)(C)C1. The fourth-order valence-electron chi connectivity index (χ4n) is 2.36. The maximum atomic E-state index is 12.2. The number of hydrogen-bond donors (Lipinski definition) is 0. The van der Waals surface area contributed by atoms with Crippen LogP contribution < -0.4 is 0 Å². The Morgan fingerprint density at radius 2 is 2.11 bits per heavy atom. The van der Waals surface area contributed by atoms with Crippen LogP contribution in [0.25, 0.3) is 0 Å². The molecule has 1 aromatic heterocycles. The topological polar surface area (TPSA) is 47.4 Å². The minimum absolute atomic E-state index is 0.209. The van der Waals surface area contributed by atoms with Gasteiger partial charge in [-0.15, -0.1) is 0 Å². The first-order valence-corrected chi connectivity index (χ1v) is 7.10. The third kappa shape index (κ3) is 2.94. The summed E-state index contributed by atoms with van der Waals surface area (Å²) in [7, 11) is 0. The van der Waals surface area contributed by atoms with Crippen LogP contribution in [0.2, 0.25) is 0 Å². The number of imidazole rings is 1. The predicted molar refractivity (Wildman–Crippen MR) is 75.9 cm³/mol. The van der Waals surface area contributed by atoms with E-state index in [2.05, 4.69) is 39.3 Å². The highest BCUT2D eigenvalue weighted by molar-refractivity contribution is 9.10. The molecule has 2 rings (SSSR count). The molecule has 6 heteroatoms. The second-order valence-corrected chi connectivity index (χ2v) is 7.21. The number of amides is 1. The highest BCUT2D eigenvalue weighted by Crippen LogP contribution is 2.31. The minimum atomic E-state index is -0.473. The minimum Gasteiger partial charge on any atom is -0.444 e. The van der Waals surface area contributed by atoms with E-state index in [1.54, 1.807) is 11.1 Å². The fourth-order valence-corrected chi connectivity index (χ4v) is 3.17. The number of carbonyl (C=O) groups is 1. The van der Waals surface area contributed by atoms with Crippen molar-refractivity contribution in [1.29, 1.82) is 0 Å². The summed E-state index contributed by atoms with van der Waals surface area (Å²) in [6.45, 7) is 10.9. The molecule has 0 unspecified atom stereocenters. The molecule has 0 radical (unpaired) electrons. The van der Waals surface area contributed by atoms with Gasteiger partial charge in [0.25, 0.3) is 0 Å². The van der Waals surface area contributed by atoms with Crippen LogP contribution in [0.15, 0.2) is 10.9 Å². The van der Waals surface area contributed by atoms with Gasteiger partial charge >= 0.3 is 6.09 Å².